The second-order valence-corrected chi connectivity index (χ2v) is 4.82. The molecule has 82 valence electrons. The molecule has 0 atom stereocenters. The lowest BCUT2D eigenvalue weighted by Crippen LogP contribution is -2.04. The van der Waals surface area contributed by atoms with Crippen molar-refractivity contribution in [1.82, 2.24) is 0 Å². The molecular weight excluding hydrogens is 292 g/mol. The molecule has 3 N–H and O–H groups in total. The van der Waals surface area contributed by atoms with Gasteiger partial charge in [-0.1, -0.05) is 0 Å². The Balaban J connectivity index is 3.52. The quantitative estimate of drug-likeness (QED) is 0.365. The molecule has 9 heteroatoms. The van der Waals surface area contributed by atoms with Crippen molar-refractivity contribution in [3.8, 4) is 0 Å². The van der Waals surface area contributed by atoms with Crippen LogP contribution in [0.25, 0.3) is 0 Å². The maximum atomic E-state index is 10.8. The molecule has 1 aromatic rings. The van der Waals surface area contributed by atoms with Crippen molar-refractivity contribution in [1.29, 1.82) is 0 Å². The van der Waals surface area contributed by atoms with Gasteiger partial charge in [-0.25, -0.2) is 0 Å². The van der Waals surface area contributed by atoms with E-state index in [1.165, 1.54) is 0 Å². The second-order valence-electron chi connectivity index (χ2n) is 2.57. The van der Waals surface area contributed by atoms with Gasteiger partial charge in [0.15, 0.2) is 0 Å². The van der Waals surface area contributed by atoms with E-state index in [0.717, 1.165) is 12.1 Å². The lowest BCUT2D eigenvalue weighted by Gasteiger charge is -2.03. The molecule has 0 aliphatic carbocycles. The minimum absolute atomic E-state index is 0.0747. The molecule has 15 heavy (non-hydrogen) atoms. The van der Waals surface area contributed by atoms with Gasteiger partial charge in [-0.2, -0.15) is 8.42 Å². The van der Waals surface area contributed by atoms with E-state index >= 15 is 0 Å². The number of hydrogen-bond donors (Lipinski definition) is 2. The van der Waals surface area contributed by atoms with E-state index in [0.29, 0.717) is 0 Å². The molecule has 0 heterocycles. The molecule has 0 aliphatic rings. The van der Waals surface area contributed by atoms with Crippen molar-refractivity contribution in [2.75, 3.05) is 5.73 Å². The average molecular weight is 297 g/mol. The molecule has 0 saturated heterocycles. The molecule has 1 aromatic carbocycles. The normalized spacial score (nSPS) is 11.3. The van der Waals surface area contributed by atoms with Crippen LogP contribution in [0.1, 0.15) is 0 Å². The predicted octanol–water partition coefficient (Wildman–Crippen LogP) is 1.19. The highest BCUT2D eigenvalue weighted by molar-refractivity contribution is 9.10. The number of nitrogens with two attached hydrogens (primary N) is 1. The van der Waals surface area contributed by atoms with Crippen LogP contribution >= 0.6 is 15.9 Å². The average Bonchev–Trinajstić information content (AvgIpc) is 2.06. The fourth-order valence-corrected chi connectivity index (χ4v) is 2.19. The summed E-state index contributed by atoms with van der Waals surface area (Å²) in [5.74, 6) is 0. The molecule has 7 nitrogen and oxygen atoms in total. The zero-order valence-corrected chi connectivity index (χ0v) is 9.45. The maximum Gasteiger partial charge on any atom is 0.296 e. The second kappa shape index (κ2) is 3.76. The number of benzene rings is 1. The summed E-state index contributed by atoms with van der Waals surface area (Å²) in [6.45, 7) is 0. The third-order valence-electron chi connectivity index (χ3n) is 1.55. The smallest absolute Gasteiger partial charge is 0.296 e. The van der Waals surface area contributed by atoms with Crippen molar-refractivity contribution in [2.45, 2.75) is 4.90 Å². The summed E-state index contributed by atoms with van der Waals surface area (Å²) in [5, 5.41) is 10.4. The minimum atomic E-state index is -4.48. The highest BCUT2D eigenvalue weighted by atomic mass is 79.9. The maximum absolute atomic E-state index is 10.8. The first-order valence-corrected chi connectivity index (χ1v) is 5.67. The van der Waals surface area contributed by atoms with Gasteiger partial charge in [-0.3, -0.25) is 14.7 Å². The fourth-order valence-electron chi connectivity index (χ4n) is 0.923. The lowest BCUT2D eigenvalue weighted by atomic mass is 10.3. The Labute approximate surface area is 92.9 Å². The number of nitrogens with zero attached hydrogens (tertiary/aromatic N) is 1. The molecule has 0 spiro atoms. The third-order valence-corrected chi connectivity index (χ3v) is 3.10. The zero-order chi connectivity index (χ0) is 11.8. The van der Waals surface area contributed by atoms with Crippen LogP contribution in [0.15, 0.2) is 21.5 Å². The molecular formula is C6H5BrN2O5S. The van der Waals surface area contributed by atoms with E-state index in [4.69, 9.17) is 10.3 Å². The first-order chi connectivity index (χ1) is 6.73. The molecule has 0 unspecified atom stereocenters. The van der Waals surface area contributed by atoms with E-state index in [2.05, 4.69) is 15.9 Å². The Morgan fingerprint density at radius 1 is 1.47 bits per heavy atom. The Bertz CT molecular complexity index is 527. The molecule has 0 bridgehead atoms. The number of hydrogen-bond acceptors (Lipinski definition) is 5. The molecule has 1 rings (SSSR count). The largest absolute Gasteiger partial charge is 0.397 e. The first-order valence-electron chi connectivity index (χ1n) is 3.44. The van der Waals surface area contributed by atoms with Gasteiger partial charge >= 0.3 is 0 Å². The first kappa shape index (κ1) is 11.9. The Kier molecular flexibility index (Phi) is 2.98. The molecule has 0 aromatic heterocycles. The van der Waals surface area contributed by atoms with E-state index in [1.807, 2.05) is 0 Å². The standard InChI is InChI=1S/C6H5BrN2O5S/c7-3-1-6(15(12,13)14)4(8)2-5(3)9(10)11/h1-2H,8H2,(H,12,13,14). The Hall–Kier alpha value is -1.19. The summed E-state index contributed by atoms with van der Waals surface area (Å²) in [5.41, 5.74) is 4.49. The molecule has 0 aliphatic heterocycles. The van der Waals surface area contributed by atoms with Crippen LogP contribution < -0.4 is 5.73 Å². The van der Waals surface area contributed by atoms with Crippen LogP contribution in [0.2, 0.25) is 0 Å². The van der Waals surface area contributed by atoms with Gasteiger partial charge < -0.3 is 5.73 Å². The van der Waals surface area contributed by atoms with Gasteiger partial charge in [0, 0.05) is 6.07 Å². The van der Waals surface area contributed by atoms with Crippen LogP contribution in [0.3, 0.4) is 0 Å². The zero-order valence-electron chi connectivity index (χ0n) is 7.05. The van der Waals surface area contributed by atoms with E-state index in [1.54, 1.807) is 0 Å². The summed E-state index contributed by atoms with van der Waals surface area (Å²) < 4.78 is 30.2. The van der Waals surface area contributed by atoms with Crippen molar-refractivity contribution >= 4 is 37.4 Å². The van der Waals surface area contributed by atoms with E-state index in [-0.39, 0.29) is 15.8 Å². The van der Waals surface area contributed by atoms with Gasteiger partial charge in [0.25, 0.3) is 15.8 Å². The number of rotatable bonds is 2. The van der Waals surface area contributed by atoms with E-state index < -0.39 is 19.9 Å². The van der Waals surface area contributed by atoms with Crippen LogP contribution in [-0.2, 0) is 10.1 Å². The third kappa shape index (κ3) is 2.43. The monoisotopic (exact) mass is 296 g/mol. The highest BCUT2D eigenvalue weighted by Crippen LogP contribution is 2.31. The lowest BCUT2D eigenvalue weighted by molar-refractivity contribution is -0.385. The van der Waals surface area contributed by atoms with Gasteiger partial charge in [-0.05, 0) is 22.0 Å². The molecule has 0 radical (unpaired) electrons. The summed E-state index contributed by atoms with van der Waals surface area (Å²) in [6, 6.07) is 1.73. The molecule has 0 amide bonds. The van der Waals surface area contributed by atoms with Crippen molar-refractivity contribution < 1.29 is 17.9 Å². The highest BCUT2D eigenvalue weighted by Gasteiger charge is 2.21. The fraction of sp³-hybridized carbons (Fsp3) is 0. The van der Waals surface area contributed by atoms with E-state index in [9.17, 15) is 18.5 Å². The number of nitro benzene ring substituents is 1. The van der Waals surface area contributed by atoms with Gasteiger partial charge in [0.05, 0.1) is 15.1 Å². The summed E-state index contributed by atoms with van der Waals surface area (Å²) in [4.78, 5) is 9.15. The minimum Gasteiger partial charge on any atom is -0.397 e. The van der Waals surface area contributed by atoms with Gasteiger partial charge in [-0.15, -0.1) is 0 Å². The number of nitrogen functional groups attached to an aromatic ring is 1. The Morgan fingerprint density at radius 3 is 2.40 bits per heavy atom. The van der Waals surface area contributed by atoms with Crippen LogP contribution in [-0.4, -0.2) is 17.9 Å². The van der Waals surface area contributed by atoms with Crippen molar-refractivity contribution in [3.63, 3.8) is 0 Å². The summed E-state index contributed by atoms with van der Waals surface area (Å²) in [6.07, 6.45) is 0. The van der Waals surface area contributed by atoms with Crippen LogP contribution in [0.4, 0.5) is 11.4 Å². The van der Waals surface area contributed by atoms with Gasteiger partial charge in [0.1, 0.15) is 4.90 Å². The summed E-state index contributed by atoms with van der Waals surface area (Å²) >= 11 is 2.80. The number of halogens is 1. The SMILES string of the molecule is Nc1cc([N+](=O)[O-])c(Br)cc1S(=O)(=O)O. The van der Waals surface area contributed by atoms with Gasteiger partial charge in [0.2, 0.25) is 0 Å². The van der Waals surface area contributed by atoms with Crippen LogP contribution in [0, 0.1) is 10.1 Å². The summed E-state index contributed by atoms with van der Waals surface area (Å²) in [7, 11) is -4.48. The predicted molar refractivity (Wildman–Crippen MR) is 55.0 cm³/mol. The molecule has 0 saturated carbocycles. The number of anilines is 1. The molecule has 0 fully saturated rings. The Morgan fingerprint density at radius 2 is 2.00 bits per heavy atom. The number of nitro groups is 1. The van der Waals surface area contributed by atoms with Crippen LogP contribution in [0.5, 0.6) is 0 Å². The van der Waals surface area contributed by atoms with Crippen molar-refractivity contribution in [2.24, 2.45) is 0 Å². The topological polar surface area (TPSA) is 124 Å². The van der Waals surface area contributed by atoms with Crippen molar-refractivity contribution in [3.05, 3.63) is 26.7 Å².